The van der Waals surface area contributed by atoms with Crippen LogP contribution >= 0.6 is 24.0 Å². The number of aliphatic imine (C=N–C) groups is 1. The van der Waals surface area contributed by atoms with Crippen LogP contribution in [-0.2, 0) is 6.42 Å². The van der Waals surface area contributed by atoms with Gasteiger partial charge in [0.2, 0.25) is 5.89 Å². The van der Waals surface area contributed by atoms with Crippen LogP contribution in [-0.4, -0.2) is 42.0 Å². The van der Waals surface area contributed by atoms with E-state index in [4.69, 9.17) is 9.41 Å². The number of aromatic nitrogens is 1. The number of oxazole rings is 1. The maximum absolute atomic E-state index is 13.0. The van der Waals surface area contributed by atoms with E-state index in [9.17, 15) is 4.39 Å². The van der Waals surface area contributed by atoms with E-state index in [-0.39, 0.29) is 29.8 Å². The molecule has 7 heteroatoms. The molecule has 0 atom stereocenters. The highest BCUT2D eigenvalue weighted by atomic mass is 127. The second kappa shape index (κ2) is 9.24. The molecule has 1 aromatic heterocycles. The van der Waals surface area contributed by atoms with Gasteiger partial charge in [-0.2, -0.15) is 0 Å². The Morgan fingerprint density at radius 3 is 2.71 bits per heavy atom. The Hall–Kier alpha value is -1.64. The van der Waals surface area contributed by atoms with Crippen LogP contribution < -0.4 is 5.32 Å². The summed E-state index contributed by atoms with van der Waals surface area (Å²) in [6.07, 6.45) is 7.80. The molecule has 0 unspecified atom stereocenters. The number of halogens is 2. The van der Waals surface area contributed by atoms with Gasteiger partial charge in [0.15, 0.2) is 5.96 Å². The van der Waals surface area contributed by atoms with Crippen LogP contribution in [0.2, 0.25) is 0 Å². The third-order valence-electron chi connectivity index (χ3n) is 5.76. The first-order valence-corrected chi connectivity index (χ1v) is 9.91. The Morgan fingerprint density at radius 1 is 1.29 bits per heavy atom. The molecule has 2 aliphatic rings. The van der Waals surface area contributed by atoms with Crippen LogP contribution in [0.25, 0.3) is 11.5 Å². The second-order valence-electron chi connectivity index (χ2n) is 7.66. The average Bonchev–Trinajstić information content (AvgIpc) is 3.29. The van der Waals surface area contributed by atoms with Crippen LogP contribution in [0.1, 0.15) is 38.3 Å². The topological polar surface area (TPSA) is 53.7 Å². The van der Waals surface area contributed by atoms with Gasteiger partial charge in [-0.1, -0.05) is 6.42 Å². The zero-order valence-electron chi connectivity index (χ0n) is 16.3. The van der Waals surface area contributed by atoms with Crippen molar-refractivity contribution in [3.05, 3.63) is 42.0 Å². The summed E-state index contributed by atoms with van der Waals surface area (Å²) >= 11 is 0. The van der Waals surface area contributed by atoms with Crippen molar-refractivity contribution in [1.82, 2.24) is 15.2 Å². The molecule has 1 spiro atoms. The van der Waals surface area contributed by atoms with E-state index in [0.717, 1.165) is 43.3 Å². The summed E-state index contributed by atoms with van der Waals surface area (Å²) in [5.74, 6) is 1.28. The summed E-state index contributed by atoms with van der Waals surface area (Å²) in [5.41, 5.74) is 2.21. The normalized spacial score (nSPS) is 18.1. The molecule has 1 aliphatic heterocycles. The van der Waals surface area contributed by atoms with E-state index in [1.807, 2.05) is 0 Å². The maximum Gasteiger partial charge on any atom is 0.226 e. The van der Waals surface area contributed by atoms with Gasteiger partial charge in [-0.15, -0.1) is 24.0 Å². The third-order valence-corrected chi connectivity index (χ3v) is 5.76. The van der Waals surface area contributed by atoms with Crippen LogP contribution in [0.5, 0.6) is 0 Å². The van der Waals surface area contributed by atoms with Gasteiger partial charge < -0.3 is 14.6 Å². The quantitative estimate of drug-likeness (QED) is 0.375. The molecule has 1 N–H and O–H groups in total. The molecule has 0 radical (unpaired) electrons. The molecule has 1 aliphatic carbocycles. The van der Waals surface area contributed by atoms with Crippen molar-refractivity contribution in [3.63, 3.8) is 0 Å². The van der Waals surface area contributed by atoms with Gasteiger partial charge in [0, 0.05) is 38.2 Å². The first-order chi connectivity index (χ1) is 13.2. The molecule has 0 amide bonds. The van der Waals surface area contributed by atoms with Crippen molar-refractivity contribution >= 4 is 29.9 Å². The van der Waals surface area contributed by atoms with Crippen molar-refractivity contribution in [2.24, 2.45) is 10.4 Å². The molecule has 5 nitrogen and oxygen atoms in total. The second-order valence-corrected chi connectivity index (χ2v) is 7.66. The number of benzene rings is 1. The Balaban J connectivity index is 0.00000225. The summed E-state index contributed by atoms with van der Waals surface area (Å²) in [7, 11) is 0. The van der Waals surface area contributed by atoms with Crippen LogP contribution in [0.15, 0.2) is 39.9 Å². The van der Waals surface area contributed by atoms with Crippen LogP contribution in [0.3, 0.4) is 0 Å². The molecule has 0 bridgehead atoms. The molecule has 28 heavy (non-hydrogen) atoms. The van der Waals surface area contributed by atoms with Crippen molar-refractivity contribution in [2.45, 2.75) is 39.0 Å². The zero-order chi connectivity index (χ0) is 18.7. The molecular formula is C21H28FIN4O. The van der Waals surface area contributed by atoms with E-state index < -0.39 is 0 Å². The third kappa shape index (κ3) is 4.67. The molecule has 4 rings (SSSR count). The van der Waals surface area contributed by atoms with Crippen molar-refractivity contribution in [3.8, 4) is 11.5 Å². The lowest BCUT2D eigenvalue weighted by Gasteiger charge is -2.38. The van der Waals surface area contributed by atoms with Crippen molar-refractivity contribution in [2.75, 3.05) is 26.2 Å². The minimum atomic E-state index is -0.263. The molecule has 1 saturated carbocycles. The summed E-state index contributed by atoms with van der Waals surface area (Å²) in [6, 6.07) is 6.18. The largest absolute Gasteiger partial charge is 0.444 e. The van der Waals surface area contributed by atoms with Crippen molar-refractivity contribution in [1.29, 1.82) is 0 Å². The number of hydrogen-bond acceptors (Lipinski definition) is 3. The van der Waals surface area contributed by atoms with Crippen LogP contribution in [0, 0.1) is 11.2 Å². The summed E-state index contributed by atoms with van der Waals surface area (Å²) < 4.78 is 18.6. The number of nitrogens with zero attached hydrogens (tertiary/aromatic N) is 3. The Bertz CT molecular complexity index is 801. The van der Waals surface area contributed by atoms with Gasteiger partial charge in [0.05, 0.1) is 5.69 Å². The number of likely N-dealkylation sites (tertiary alicyclic amines) is 1. The van der Waals surface area contributed by atoms with E-state index >= 15 is 0 Å². The summed E-state index contributed by atoms with van der Waals surface area (Å²) in [5, 5.41) is 3.43. The molecule has 152 valence electrons. The van der Waals surface area contributed by atoms with Crippen LogP contribution in [0.4, 0.5) is 4.39 Å². The van der Waals surface area contributed by atoms with E-state index in [1.165, 1.54) is 37.8 Å². The predicted octanol–water partition coefficient (Wildman–Crippen LogP) is 4.48. The van der Waals surface area contributed by atoms with E-state index in [0.29, 0.717) is 17.9 Å². The summed E-state index contributed by atoms with van der Waals surface area (Å²) in [6.45, 7) is 5.89. The molecule has 2 fully saturated rings. The molecule has 1 saturated heterocycles. The first-order valence-electron chi connectivity index (χ1n) is 9.91. The van der Waals surface area contributed by atoms with Crippen molar-refractivity contribution < 1.29 is 8.81 Å². The minimum Gasteiger partial charge on any atom is -0.444 e. The first kappa shape index (κ1) is 21.1. The molecule has 1 aromatic carbocycles. The van der Waals surface area contributed by atoms with E-state index in [2.05, 4.69) is 22.1 Å². The number of nitrogens with one attached hydrogen (secondary N) is 1. The Labute approximate surface area is 182 Å². The van der Waals surface area contributed by atoms with Gasteiger partial charge in [0.1, 0.15) is 12.1 Å². The Morgan fingerprint density at radius 2 is 2.07 bits per heavy atom. The lowest BCUT2D eigenvalue weighted by Crippen LogP contribution is -2.42. The highest BCUT2D eigenvalue weighted by molar-refractivity contribution is 14.0. The average molecular weight is 498 g/mol. The van der Waals surface area contributed by atoms with Gasteiger partial charge in [0.25, 0.3) is 0 Å². The molecular weight excluding hydrogens is 470 g/mol. The fourth-order valence-electron chi connectivity index (χ4n) is 4.05. The predicted molar refractivity (Wildman–Crippen MR) is 119 cm³/mol. The molecule has 2 heterocycles. The van der Waals surface area contributed by atoms with Gasteiger partial charge in [-0.3, -0.25) is 4.99 Å². The highest BCUT2D eigenvalue weighted by Crippen LogP contribution is 2.47. The fourth-order valence-corrected chi connectivity index (χ4v) is 4.05. The lowest BCUT2D eigenvalue weighted by atomic mass is 9.68. The number of guanidine groups is 1. The fraction of sp³-hybridized carbons (Fsp3) is 0.524. The number of hydrogen-bond donors (Lipinski definition) is 1. The Kier molecular flexibility index (Phi) is 6.95. The summed E-state index contributed by atoms with van der Waals surface area (Å²) in [4.78, 5) is 11.7. The van der Waals surface area contributed by atoms with Gasteiger partial charge >= 0.3 is 0 Å². The highest BCUT2D eigenvalue weighted by Gasteiger charge is 2.43. The van der Waals surface area contributed by atoms with Gasteiger partial charge in [-0.05, 0) is 55.9 Å². The molecule has 2 aromatic rings. The monoisotopic (exact) mass is 498 g/mol. The number of rotatable bonds is 5. The SMILES string of the molecule is CCNC(=NCCc1coc(-c2ccc(F)cc2)n1)N1CCC2(CCC2)C1.I. The zero-order valence-corrected chi connectivity index (χ0v) is 18.6. The minimum absolute atomic E-state index is 0. The van der Waals surface area contributed by atoms with Gasteiger partial charge in [-0.25, -0.2) is 9.37 Å². The van der Waals surface area contributed by atoms with E-state index in [1.54, 1.807) is 18.4 Å². The standard InChI is InChI=1S/C21H27FN4O.HI/c1-2-23-20(26-13-11-21(15-26)9-3-10-21)24-12-8-18-14-27-19(25-18)16-4-6-17(22)7-5-16;/h4-7,14H,2-3,8-13,15H2,1H3,(H,23,24);1H. The smallest absolute Gasteiger partial charge is 0.226 e. The maximum atomic E-state index is 13.0. The lowest BCUT2D eigenvalue weighted by molar-refractivity contribution is 0.151.